The van der Waals surface area contributed by atoms with Gasteiger partial charge in [-0.15, -0.1) is 0 Å². The van der Waals surface area contributed by atoms with Crippen LogP contribution in [0.2, 0.25) is 0 Å². The van der Waals surface area contributed by atoms with Crippen LogP contribution in [0.3, 0.4) is 0 Å². The van der Waals surface area contributed by atoms with Gasteiger partial charge in [0.15, 0.2) is 0 Å². The van der Waals surface area contributed by atoms with Crippen molar-refractivity contribution in [2.24, 2.45) is 0 Å². The molecule has 2 atom stereocenters. The number of hydrogen-bond donors (Lipinski definition) is 3. The normalized spacial score (nSPS) is 18.9. The summed E-state index contributed by atoms with van der Waals surface area (Å²) in [5, 5.41) is 17.4. The maximum Gasteiger partial charge on any atom is 0.0914 e. The van der Waals surface area contributed by atoms with Crippen molar-refractivity contribution in [3.63, 3.8) is 0 Å². The molecule has 0 radical (unpaired) electrons. The van der Waals surface area contributed by atoms with E-state index in [9.17, 15) is 5.11 Å². The quantitative estimate of drug-likeness (QED) is 0.808. The molecular weight excluding hydrogens is 272 g/mol. The average molecular weight is 296 g/mol. The van der Waals surface area contributed by atoms with Gasteiger partial charge in [-0.2, -0.15) is 0 Å². The van der Waals surface area contributed by atoms with Crippen molar-refractivity contribution in [2.75, 3.05) is 18.4 Å². The molecule has 3 nitrogen and oxygen atoms in total. The Hall–Kier alpha value is -1.84. The maximum atomic E-state index is 10.4. The minimum absolute atomic E-state index is 0.297. The summed E-state index contributed by atoms with van der Waals surface area (Å²) in [5.74, 6) is 0. The van der Waals surface area contributed by atoms with E-state index in [-0.39, 0.29) is 0 Å². The second-order valence-electron chi connectivity index (χ2n) is 6.05. The molecule has 3 heteroatoms. The van der Waals surface area contributed by atoms with Crippen LogP contribution in [0.1, 0.15) is 41.7 Å². The predicted octanol–water partition coefficient (Wildman–Crippen LogP) is 3.57. The highest BCUT2D eigenvalue weighted by Gasteiger charge is 2.19. The van der Waals surface area contributed by atoms with Crippen LogP contribution in [0.4, 0.5) is 5.69 Å². The lowest BCUT2D eigenvalue weighted by Gasteiger charge is -2.21. The molecule has 0 fully saturated rings. The third-order valence-electron chi connectivity index (χ3n) is 4.31. The van der Waals surface area contributed by atoms with Crippen molar-refractivity contribution in [3.8, 4) is 0 Å². The minimum atomic E-state index is -0.469. The van der Waals surface area contributed by atoms with E-state index >= 15 is 0 Å². The fourth-order valence-corrected chi connectivity index (χ4v) is 3.11. The number of benzene rings is 2. The minimum Gasteiger partial charge on any atom is -0.387 e. The van der Waals surface area contributed by atoms with Gasteiger partial charge >= 0.3 is 0 Å². The van der Waals surface area contributed by atoms with Gasteiger partial charge in [-0.25, -0.2) is 0 Å². The van der Waals surface area contributed by atoms with E-state index in [4.69, 9.17) is 0 Å². The Morgan fingerprint density at radius 2 is 2.09 bits per heavy atom. The van der Waals surface area contributed by atoms with Gasteiger partial charge in [-0.05, 0) is 37.0 Å². The Bertz CT molecular complexity index is 626. The number of anilines is 1. The van der Waals surface area contributed by atoms with Crippen LogP contribution in [0.5, 0.6) is 0 Å². The largest absolute Gasteiger partial charge is 0.387 e. The van der Waals surface area contributed by atoms with Crippen LogP contribution in [0.15, 0.2) is 48.5 Å². The van der Waals surface area contributed by atoms with Gasteiger partial charge in [-0.1, -0.05) is 48.0 Å². The van der Waals surface area contributed by atoms with Gasteiger partial charge in [-0.3, -0.25) is 0 Å². The average Bonchev–Trinajstić information content (AvgIpc) is 2.75. The van der Waals surface area contributed by atoms with Gasteiger partial charge in [0.2, 0.25) is 0 Å². The highest BCUT2D eigenvalue weighted by atomic mass is 16.3. The molecule has 2 aromatic rings. The molecule has 2 aromatic carbocycles. The summed E-state index contributed by atoms with van der Waals surface area (Å²) >= 11 is 0. The van der Waals surface area contributed by atoms with Crippen molar-refractivity contribution in [2.45, 2.75) is 31.9 Å². The molecule has 0 amide bonds. The van der Waals surface area contributed by atoms with Crippen molar-refractivity contribution >= 4 is 5.69 Å². The molecule has 1 heterocycles. The van der Waals surface area contributed by atoms with Crippen LogP contribution in [0.25, 0.3) is 0 Å². The Labute approximate surface area is 132 Å². The van der Waals surface area contributed by atoms with Crippen LogP contribution in [-0.2, 0) is 0 Å². The number of fused-ring (bicyclic) bond motifs is 1. The Morgan fingerprint density at radius 1 is 1.23 bits per heavy atom. The number of rotatable bonds is 4. The summed E-state index contributed by atoms with van der Waals surface area (Å²) < 4.78 is 0. The molecule has 0 aromatic heterocycles. The van der Waals surface area contributed by atoms with E-state index in [2.05, 4.69) is 54.0 Å². The van der Waals surface area contributed by atoms with Gasteiger partial charge in [0.1, 0.15) is 0 Å². The van der Waals surface area contributed by atoms with Crippen molar-refractivity contribution in [3.05, 3.63) is 65.2 Å². The van der Waals surface area contributed by atoms with E-state index in [0.29, 0.717) is 12.6 Å². The van der Waals surface area contributed by atoms with Crippen LogP contribution < -0.4 is 10.6 Å². The van der Waals surface area contributed by atoms with Gasteiger partial charge in [0.05, 0.1) is 6.10 Å². The zero-order valence-electron chi connectivity index (χ0n) is 13.0. The Balaban J connectivity index is 1.68. The Kier molecular flexibility index (Phi) is 4.76. The lowest BCUT2D eigenvalue weighted by molar-refractivity contribution is 0.169. The maximum absolute atomic E-state index is 10.4. The molecule has 22 heavy (non-hydrogen) atoms. The first-order valence-corrected chi connectivity index (χ1v) is 8.05. The van der Waals surface area contributed by atoms with Crippen LogP contribution in [-0.4, -0.2) is 18.2 Å². The van der Waals surface area contributed by atoms with Gasteiger partial charge in [0.25, 0.3) is 0 Å². The lowest BCUT2D eigenvalue weighted by atomic mass is 10.0. The molecular formula is C19H24N2O. The molecule has 0 saturated heterocycles. The molecule has 2 unspecified atom stereocenters. The summed E-state index contributed by atoms with van der Waals surface area (Å²) in [6.07, 6.45) is 1.75. The van der Waals surface area contributed by atoms with Gasteiger partial charge in [0, 0.05) is 24.8 Å². The topological polar surface area (TPSA) is 44.3 Å². The molecule has 1 aliphatic rings. The number of hydrogen-bond acceptors (Lipinski definition) is 3. The lowest BCUT2D eigenvalue weighted by Crippen LogP contribution is -2.26. The van der Waals surface area contributed by atoms with Crippen molar-refractivity contribution in [1.29, 1.82) is 0 Å². The molecule has 0 aliphatic carbocycles. The first kappa shape index (κ1) is 15.1. The molecule has 0 bridgehead atoms. The fraction of sp³-hybridized carbons (Fsp3) is 0.368. The summed E-state index contributed by atoms with van der Waals surface area (Å²) in [6.45, 7) is 3.63. The van der Waals surface area contributed by atoms with E-state index in [1.807, 2.05) is 12.1 Å². The molecule has 0 saturated carbocycles. The van der Waals surface area contributed by atoms with Crippen molar-refractivity contribution in [1.82, 2.24) is 5.32 Å². The molecule has 116 valence electrons. The van der Waals surface area contributed by atoms with Crippen molar-refractivity contribution < 1.29 is 5.11 Å². The van der Waals surface area contributed by atoms with E-state index in [1.54, 1.807) is 0 Å². The monoisotopic (exact) mass is 296 g/mol. The smallest absolute Gasteiger partial charge is 0.0914 e. The predicted molar refractivity (Wildman–Crippen MR) is 91.0 cm³/mol. The summed E-state index contributed by atoms with van der Waals surface area (Å²) in [6, 6.07) is 16.8. The van der Waals surface area contributed by atoms with Gasteiger partial charge < -0.3 is 15.7 Å². The SMILES string of the molecule is Cc1cccc(C(O)CNC2CCCNc3ccccc32)c1. The van der Waals surface area contributed by atoms with Crippen LogP contribution >= 0.6 is 0 Å². The Morgan fingerprint density at radius 3 is 2.95 bits per heavy atom. The highest BCUT2D eigenvalue weighted by Crippen LogP contribution is 2.29. The molecule has 3 N–H and O–H groups in total. The number of aryl methyl sites for hydroxylation is 1. The highest BCUT2D eigenvalue weighted by molar-refractivity contribution is 5.53. The number of nitrogens with one attached hydrogen (secondary N) is 2. The van der Waals surface area contributed by atoms with E-state index in [1.165, 1.54) is 16.8 Å². The number of para-hydroxylation sites is 1. The zero-order chi connectivity index (χ0) is 15.4. The summed E-state index contributed by atoms with van der Waals surface area (Å²) in [5.41, 5.74) is 4.67. The zero-order valence-corrected chi connectivity index (χ0v) is 13.0. The number of aliphatic hydroxyl groups is 1. The standard InChI is InChI=1S/C19H24N2O/c1-14-6-4-7-15(12-14)19(22)13-21-18-10-5-11-20-17-9-3-2-8-16(17)18/h2-4,6-9,12,18-22H,5,10-11,13H2,1H3. The second kappa shape index (κ2) is 6.95. The third-order valence-corrected chi connectivity index (χ3v) is 4.31. The second-order valence-corrected chi connectivity index (χ2v) is 6.05. The molecule has 3 rings (SSSR count). The summed E-state index contributed by atoms with van der Waals surface area (Å²) in [7, 11) is 0. The molecule has 1 aliphatic heterocycles. The fourth-order valence-electron chi connectivity index (χ4n) is 3.11. The van der Waals surface area contributed by atoms with E-state index in [0.717, 1.165) is 24.9 Å². The molecule has 0 spiro atoms. The van der Waals surface area contributed by atoms with E-state index < -0.39 is 6.10 Å². The summed E-state index contributed by atoms with van der Waals surface area (Å²) in [4.78, 5) is 0. The first-order chi connectivity index (χ1) is 10.7. The van der Waals surface area contributed by atoms with Crippen LogP contribution in [0, 0.1) is 6.92 Å². The third kappa shape index (κ3) is 3.49. The number of aliphatic hydroxyl groups excluding tert-OH is 1. The first-order valence-electron chi connectivity index (χ1n) is 8.05.